The average Bonchev–Trinajstić information content (AvgIpc) is 2.98. The summed E-state index contributed by atoms with van der Waals surface area (Å²) < 4.78 is 11.1. The third kappa shape index (κ3) is 5.29. The van der Waals surface area contributed by atoms with Crippen molar-refractivity contribution in [1.29, 1.82) is 0 Å². The van der Waals surface area contributed by atoms with Crippen LogP contribution in [0, 0.1) is 0 Å². The molecule has 0 saturated carbocycles. The Kier molecular flexibility index (Phi) is 6.48. The van der Waals surface area contributed by atoms with Crippen molar-refractivity contribution in [2.75, 3.05) is 32.3 Å². The van der Waals surface area contributed by atoms with Gasteiger partial charge < -0.3 is 20.5 Å². The molecule has 9 heteroatoms. The molecule has 2 aromatic rings. The van der Waals surface area contributed by atoms with E-state index in [1.54, 1.807) is 14.2 Å². The molecule has 23 heavy (non-hydrogen) atoms. The van der Waals surface area contributed by atoms with Gasteiger partial charge in [-0.1, -0.05) is 29.2 Å². The van der Waals surface area contributed by atoms with E-state index in [1.165, 1.54) is 23.1 Å². The van der Waals surface area contributed by atoms with Gasteiger partial charge in [0, 0.05) is 6.54 Å². The van der Waals surface area contributed by atoms with E-state index in [1.807, 2.05) is 18.2 Å². The van der Waals surface area contributed by atoms with E-state index in [4.69, 9.17) is 15.2 Å². The van der Waals surface area contributed by atoms with E-state index < -0.39 is 0 Å². The second-order valence-corrected chi connectivity index (χ2v) is 6.72. The van der Waals surface area contributed by atoms with Crippen LogP contribution in [-0.2, 0) is 11.2 Å². The third-order valence-corrected chi connectivity index (χ3v) is 4.82. The molecule has 0 aliphatic heterocycles. The number of thioether (sulfide) groups is 1. The Morgan fingerprint density at radius 2 is 2.09 bits per heavy atom. The summed E-state index contributed by atoms with van der Waals surface area (Å²) in [5.74, 6) is 1.61. The fourth-order valence-electron chi connectivity index (χ4n) is 1.84. The number of rotatable bonds is 8. The number of hydrogen-bond donors (Lipinski definition) is 2. The van der Waals surface area contributed by atoms with Gasteiger partial charge in [0.25, 0.3) is 0 Å². The fourth-order valence-corrected chi connectivity index (χ4v) is 3.31. The van der Waals surface area contributed by atoms with Crippen LogP contribution < -0.4 is 20.5 Å². The van der Waals surface area contributed by atoms with Gasteiger partial charge in [0.2, 0.25) is 11.0 Å². The maximum absolute atomic E-state index is 11.8. The van der Waals surface area contributed by atoms with Gasteiger partial charge in [-0.05, 0) is 24.1 Å². The van der Waals surface area contributed by atoms with Gasteiger partial charge in [0.05, 0.1) is 20.0 Å². The van der Waals surface area contributed by atoms with Crippen molar-refractivity contribution in [1.82, 2.24) is 15.5 Å². The highest BCUT2D eigenvalue weighted by Gasteiger charge is 2.08. The first-order valence-corrected chi connectivity index (χ1v) is 8.62. The minimum Gasteiger partial charge on any atom is -0.493 e. The summed E-state index contributed by atoms with van der Waals surface area (Å²) in [4.78, 5) is 11.8. The highest BCUT2D eigenvalue weighted by Crippen LogP contribution is 2.27. The number of benzene rings is 1. The molecule has 124 valence electrons. The minimum absolute atomic E-state index is 0.0516. The molecular weight excluding hydrogens is 336 g/mol. The van der Waals surface area contributed by atoms with Crippen LogP contribution in [0.4, 0.5) is 5.13 Å². The molecule has 1 aromatic heterocycles. The summed E-state index contributed by atoms with van der Waals surface area (Å²) in [6, 6.07) is 5.71. The van der Waals surface area contributed by atoms with E-state index >= 15 is 0 Å². The van der Waals surface area contributed by atoms with Gasteiger partial charge in [-0.15, -0.1) is 10.2 Å². The standard InChI is InChI=1S/C14H18N4O3S2/c1-20-10-4-3-9(7-11(10)21-2)5-6-16-12(19)8-22-14-18-17-13(15)23-14/h3-4,7H,5-6,8H2,1-2H3,(H2,15,17)(H,16,19). The van der Waals surface area contributed by atoms with Crippen LogP contribution in [0.15, 0.2) is 22.5 Å². The normalized spacial score (nSPS) is 10.3. The number of carbonyl (C=O) groups excluding carboxylic acids is 1. The Morgan fingerprint density at radius 3 is 2.74 bits per heavy atom. The van der Waals surface area contributed by atoms with Crippen molar-refractivity contribution < 1.29 is 14.3 Å². The van der Waals surface area contributed by atoms with Crippen molar-refractivity contribution in [3.63, 3.8) is 0 Å². The molecule has 0 atom stereocenters. The van der Waals surface area contributed by atoms with Crippen LogP contribution in [0.5, 0.6) is 11.5 Å². The number of aromatic nitrogens is 2. The topological polar surface area (TPSA) is 99.4 Å². The SMILES string of the molecule is COc1ccc(CCNC(=O)CSc2nnc(N)s2)cc1OC. The highest BCUT2D eigenvalue weighted by molar-refractivity contribution is 8.01. The molecule has 0 aliphatic carbocycles. The van der Waals surface area contributed by atoms with Crippen LogP contribution in [0.3, 0.4) is 0 Å². The summed E-state index contributed by atoms with van der Waals surface area (Å²) in [7, 11) is 3.20. The summed E-state index contributed by atoms with van der Waals surface area (Å²) >= 11 is 2.59. The van der Waals surface area contributed by atoms with Crippen molar-refractivity contribution >= 4 is 34.1 Å². The Balaban J connectivity index is 1.74. The molecule has 0 bridgehead atoms. The molecule has 0 saturated heterocycles. The predicted octanol–water partition coefficient (Wildman–Crippen LogP) is 1.59. The summed E-state index contributed by atoms with van der Waals surface area (Å²) in [5, 5.41) is 10.8. The summed E-state index contributed by atoms with van der Waals surface area (Å²) in [6.07, 6.45) is 0.711. The largest absolute Gasteiger partial charge is 0.493 e. The summed E-state index contributed by atoms with van der Waals surface area (Å²) in [5.41, 5.74) is 6.55. The van der Waals surface area contributed by atoms with Crippen LogP contribution in [0.25, 0.3) is 0 Å². The van der Waals surface area contributed by atoms with Gasteiger partial charge in [0.1, 0.15) is 0 Å². The zero-order valence-corrected chi connectivity index (χ0v) is 14.5. The Bertz CT molecular complexity index is 663. The quantitative estimate of drug-likeness (QED) is 0.694. The number of anilines is 1. The maximum atomic E-state index is 11.8. The molecule has 0 aliphatic rings. The second kappa shape index (κ2) is 8.59. The van der Waals surface area contributed by atoms with E-state index in [9.17, 15) is 4.79 Å². The lowest BCUT2D eigenvalue weighted by molar-refractivity contribution is -0.118. The number of amides is 1. The first-order chi connectivity index (χ1) is 11.1. The van der Waals surface area contributed by atoms with E-state index in [0.717, 1.165) is 5.56 Å². The lowest BCUT2D eigenvalue weighted by Crippen LogP contribution is -2.27. The van der Waals surface area contributed by atoms with Gasteiger partial charge >= 0.3 is 0 Å². The number of nitrogens with one attached hydrogen (secondary N) is 1. The first kappa shape index (κ1) is 17.4. The smallest absolute Gasteiger partial charge is 0.230 e. The molecule has 7 nitrogen and oxygen atoms in total. The maximum Gasteiger partial charge on any atom is 0.230 e. The van der Waals surface area contributed by atoms with Gasteiger partial charge in [-0.2, -0.15) is 0 Å². The predicted molar refractivity (Wildman–Crippen MR) is 91.3 cm³/mol. The lowest BCUT2D eigenvalue weighted by Gasteiger charge is -2.10. The highest BCUT2D eigenvalue weighted by atomic mass is 32.2. The minimum atomic E-state index is -0.0516. The van der Waals surface area contributed by atoms with E-state index in [0.29, 0.717) is 39.7 Å². The van der Waals surface area contributed by atoms with Crippen molar-refractivity contribution in [2.24, 2.45) is 0 Å². The van der Waals surface area contributed by atoms with Crippen LogP contribution >= 0.6 is 23.1 Å². The van der Waals surface area contributed by atoms with E-state index in [-0.39, 0.29) is 5.91 Å². The number of methoxy groups -OCH3 is 2. The lowest BCUT2D eigenvalue weighted by atomic mass is 10.1. The van der Waals surface area contributed by atoms with Gasteiger partial charge in [0.15, 0.2) is 15.8 Å². The first-order valence-electron chi connectivity index (χ1n) is 6.81. The van der Waals surface area contributed by atoms with Gasteiger partial charge in [-0.3, -0.25) is 4.79 Å². The molecule has 1 aromatic carbocycles. The number of ether oxygens (including phenoxy) is 2. The van der Waals surface area contributed by atoms with Crippen LogP contribution in [-0.4, -0.2) is 42.6 Å². The molecular formula is C14H18N4O3S2. The zero-order chi connectivity index (χ0) is 16.7. The molecule has 1 amide bonds. The molecule has 0 unspecified atom stereocenters. The Labute approximate surface area is 142 Å². The fraction of sp³-hybridized carbons (Fsp3) is 0.357. The average molecular weight is 354 g/mol. The van der Waals surface area contributed by atoms with E-state index in [2.05, 4.69) is 15.5 Å². The van der Waals surface area contributed by atoms with Crippen LogP contribution in [0.1, 0.15) is 5.56 Å². The number of carbonyl (C=O) groups is 1. The van der Waals surface area contributed by atoms with Gasteiger partial charge in [-0.25, -0.2) is 0 Å². The number of nitrogen functional groups attached to an aromatic ring is 1. The Hall–Kier alpha value is -2.00. The van der Waals surface area contributed by atoms with Crippen molar-refractivity contribution in [2.45, 2.75) is 10.8 Å². The molecule has 0 spiro atoms. The molecule has 0 radical (unpaired) electrons. The van der Waals surface area contributed by atoms with Crippen LogP contribution in [0.2, 0.25) is 0 Å². The van der Waals surface area contributed by atoms with Crippen molar-refractivity contribution in [3.8, 4) is 11.5 Å². The number of nitrogens with two attached hydrogens (primary N) is 1. The molecule has 3 N–H and O–H groups in total. The monoisotopic (exact) mass is 354 g/mol. The Morgan fingerprint density at radius 1 is 1.30 bits per heavy atom. The summed E-state index contributed by atoms with van der Waals surface area (Å²) in [6.45, 7) is 0.549. The second-order valence-electron chi connectivity index (χ2n) is 4.48. The van der Waals surface area contributed by atoms with Crippen molar-refractivity contribution in [3.05, 3.63) is 23.8 Å². The zero-order valence-electron chi connectivity index (χ0n) is 12.9. The molecule has 1 heterocycles. The molecule has 0 fully saturated rings. The number of hydrogen-bond acceptors (Lipinski definition) is 8. The third-order valence-electron chi connectivity index (χ3n) is 2.93. The number of nitrogens with zero attached hydrogens (tertiary/aromatic N) is 2. The molecule has 2 rings (SSSR count).